The number of sulfonamides is 1. The Morgan fingerprint density at radius 2 is 2.04 bits per heavy atom. The second kappa shape index (κ2) is 7.12. The molecule has 136 valence electrons. The molecule has 2 aliphatic heterocycles. The van der Waals surface area contributed by atoms with Gasteiger partial charge < -0.3 is 15.5 Å². The molecule has 0 saturated carbocycles. The number of hydrogen-bond donors (Lipinski definition) is 2. The number of hydrogen-bond acceptors (Lipinski definition) is 5. The van der Waals surface area contributed by atoms with Crippen LogP contribution in [-0.4, -0.2) is 49.8 Å². The number of nitrogens with one attached hydrogen (secondary N) is 2. The summed E-state index contributed by atoms with van der Waals surface area (Å²) in [5, 5.41) is 5.44. The fourth-order valence-electron chi connectivity index (χ4n) is 2.54. The van der Waals surface area contributed by atoms with Crippen molar-refractivity contribution < 1.29 is 18.0 Å². The Bertz CT molecular complexity index is 947. The Morgan fingerprint density at radius 3 is 2.81 bits per heavy atom. The summed E-state index contributed by atoms with van der Waals surface area (Å²) in [5.74, 6) is -0.367. The lowest BCUT2D eigenvalue weighted by molar-refractivity contribution is -0.112. The minimum Gasteiger partial charge on any atom is -0.352 e. The van der Waals surface area contributed by atoms with Crippen LogP contribution in [0.25, 0.3) is 0 Å². The molecule has 0 saturated heterocycles. The Hall–Kier alpha value is -2.94. The number of amidine groups is 1. The molecule has 2 amide bonds. The number of rotatable bonds is 4. The minimum absolute atomic E-state index is 0.0929. The molecular weight excluding hydrogens is 356 g/mol. The molecule has 0 aromatic heterocycles. The maximum Gasteiger partial charge on any atom is 0.257 e. The molecule has 3 rings (SSSR count). The van der Waals surface area contributed by atoms with E-state index in [2.05, 4.69) is 15.0 Å². The third-order valence-corrected chi connectivity index (χ3v) is 4.97. The summed E-state index contributed by atoms with van der Waals surface area (Å²) in [5.41, 5.74) is 1.31. The summed E-state index contributed by atoms with van der Waals surface area (Å²) >= 11 is 0. The van der Waals surface area contributed by atoms with E-state index in [1.54, 1.807) is 35.4 Å². The molecular formula is C17H18N4O4S. The number of nitrogens with zero attached hydrogens (tertiary/aromatic N) is 2. The summed E-state index contributed by atoms with van der Waals surface area (Å²) in [6.45, 7) is 2.59. The molecule has 1 aromatic carbocycles. The van der Waals surface area contributed by atoms with Crippen LogP contribution in [0.1, 0.15) is 17.3 Å². The fraction of sp³-hybridized carbons (Fsp3) is 0.235. The van der Waals surface area contributed by atoms with Gasteiger partial charge in [0.25, 0.3) is 21.8 Å². The first-order valence-electron chi connectivity index (χ1n) is 8.07. The van der Waals surface area contributed by atoms with E-state index in [1.807, 2.05) is 6.92 Å². The second-order valence-electron chi connectivity index (χ2n) is 5.74. The molecule has 0 unspecified atom stereocenters. The van der Waals surface area contributed by atoms with Crippen LogP contribution in [0.5, 0.6) is 0 Å². The highest BCUT2D eigenvalue weighted by Crippen LogP contribution is 2.18. The van der Waals surface area contributed by atoms with Crippen molar-refractivity contribution in [2.75, 3.05) is 24.2 Å². The number of anilines is 1. The van der Waals surface area contributed by atoms with Gasteiger partial charge in [-0.05, 0) is 37.3 Å². The van der Waals surface area contributed by atoms with Crippen molar-refractivity contribution in [2.45, 2.75) is 6.92 Å². The van der Waals surface area contributed by atoms with Crippen LogP contribution in [0, 0.1) is 0 Å². The summed E-state index contributed by atoms with van der Waals surface area (Å²) < 4.78 is 26.7. The highest BCUT2D eigenvalue weighted by Gasteiger charge is 2.25. The zero-order valence-corrected chi connectivity index (χ0v) is 14.9. The maximum atomic E-state index is 12.5. The highest BCUT2D eigenvalue weighted by molar-refractivity contribution is 7.90. The first-order valence-corrected chi connectivity index (χ1v) is 9.68. The average molecular weight is 374 g/mol. The van der Waals surface area contributed by atoms with Crippen LogP contribution < -0.4 is 10.6 Å². The van der Waals surface area contributed by atoms with E-state index in [0.717, 1.165) is 0 Å². The normalized spacial score (nSPS) is 17.7. The van der Waals surface area contributed by atoms with Crippen LogP contribution in [0.2, 0.25) is 0 Å². The van der Waals surface area contributed by atoms with Gasteiger partial charge in [-0.3, -0.25) is 9.59 Å². The molecule has 8 nitrogen and oxygen atoms in total. The third kappa shape index (κ3) is 3.99. The Balaban J connectivity index is 1.74. The molecule has 26 heavy (non-hydrogen) atoms. The SMILES string of the molecule is CCNC(=O)c1cccc(NC(=O)C2=CN3CCS(=O)(=O)N=C3C=C2)c1. The van der Waals surface area contributed by atoms with Gasteiger partial charge in [-0.1, -0.05) is 6.07 Å². The molecule has 9 heteroatoms. The van der Waals surface area contributed by atoms with Crippen LogP contribution in [-0.2, 0) is 14.8 Å². The highest BCUT2D eigenvalue weighted by atomic mass is 32.2. The number of carbonyl (C=O) groups is 2. The van der Waals surface area contributed by atoms with Crippen molar-refractivity contribution in [1.29, 1.82) is 0 Å². The smallest absolute Gasteiger partial charge is 0.257 e. The minimum atomic E-state index is -3.43. The van der Waals surface area contributed by atoms with E-state index in [-0.39, 0.29) is 24.1 Å². The summed E-state index contributed by atoms with van der Waals surface area (Å²) in [7, 11) is -3.43. The van der Waals surface area contributed by atoms with E-state index < -0.39 is 10.0 Å². The average Bonchev–Trinajstić information content (AvgIpc) is 2.61. The van der Waals surface area contributed by atoms with Gasteiger partial charge >= 0.3 is 0 Å². The van der Waals surface area contributed by atoms with Crippen LogP contribution >= 0.6 is 0 Å². The molecule has 0 radical (unpaired) electrons. The van der Waals surface area contributed by atoms with Gasteiger partial charge in [0.2, 0.25) is 0 Å². The van der Waals surface area contributed by atoms with Gasteiger partial charge in [0.05, 0.1) is 11.3 Å². The lowest BCUT2D eigenvalue weighted by atomic mass is 10.1. The van der Waals surface area contributed by atoms with Gasteiger partial charge in [0.1, 0.15) is 5.84 Å². The van der Waals surface area contributed by atoms with Crippen LogP contribution in [0.15, 0.2) is 52.6 Å². The predicted molar refractivity (Wildman–Crippen MR) is 98.2 cm³/mol. The van der Waals surface area contributed by atoms with Crippen molar-refractivity contribution >= 4 is 33.4 Å². The third-order valence-electron chi connectivity index (χ3n) is 3.81. The van der Waals surface area contributed by atoms with Crippen molar-refractivity contribution in [2.24, 2.45) is 4.40 Å². The van der Waals surface area contributed by atoms with E-state index in [0.29, 0.717) is 29.2 Å². The molecule has 0 spiro atoms. The Kier molecular flexibility index (Phi) is 4.90. The van der Waals surface area contributed by atoms with Crippen LogP contribution in [0.4, 0.5) is 5.69 Å². The Labute approximate surface area is 151 Å². The van der Waals surface area contributed by atoms with E-state index in [9.17, 15) is 18.0 Å². The molecule has 0 atom stereocenters. The zero-order valence-electron chi connectivity index (χ0n) is 14.1. The maximum absolute atomic E-state index is 12.5. The molecule has 1 aromatic rings. The lowest BCUT2D eigenvalue weighted by Gasteiger charge is -2.26. The van der Waals surface area contributed by atoms with Crippen LogP contribution in [0.3, 0.4) is 0 Å². The molecule has 0 aliphatic carbocycles. The van der Waals surface area contributed by atoms with Gasteiger partial charge in [0.15, 0.2) is 0 Å². The lowest BCUT2D eigenvalue weighted by Crippen LogP contribution is -2.37. The van der Waals surface area contributed by atoms with Gasteiger partial charge in [0, 0.05) is 30.5 Å². The number of amides is 2. The predicted octanol–water partition coefficient (Wildman–Crippen LogP) is 0.872. The van der Waals surface area contributed by atoms with Gasteiger partial charge in [-0.15, -0.1) is 4.40 Å². The quantitative estimate of drug-likeness (QED) is 0.813. The molecule has 0 fully saturated rings. The van der Waals surface area contributed by atoms with Gasteiger partial charge in [-0.2, -0.15) is 0 Å². The molecule has 2 N–H and O–H groups in total. The summed E-state index contributed by atoms with van der Waals surface area (Å²) in [6.07, 6.45) is 4.58. The van der Waals surface area contributed by atoms with E-state index in [1.165, 1.54) is 12.2 Å². The monoisotopic (exact) mass is 374 g/mol. The first kappa shape index (κ1) is 17.9. The summed E-state index contributed by atoms with van der Waals surface area (Å²) in [4.78, 5) is 26.0. The van der Waals surface area contributed by atoms with Crippen molar-refractivity contribution in [3.05, 3.63) is 53.8 Å². The van der Waals surface area contributed by atoms with Crippen molar-refractivity contribution in [3.63, 3.8) is 0 Å². The van der Waals surface area contributed by atoms with Gasteiger partial charge in [-0.25, -0.2) is 8.42 Å². The second-order valence-corrected chi connectivity index (χ2v) is 7.50. The standard InChI is InChI=1S/C17H18N4O4S/c1-2-18-16(22)12-4-3-5-14(10-12)19-17(23)13-6-7-15-20-26(24,25)9-8-21(15)11-13/h3-7,10-11H,2,8-9H2,1H3,(H,18,22)(H,19,23). The molecule has 2 heterocycles. The molecule has 2 aliphatic rings. The molecule has 0 bridgehead atoms. The Morgan fingerprint density at radius 1 is 1.23 bits per heavy atom. The zero-order chi connectivity index (χ0) is 18.7. The van der Waals surface area contributed by atoms with E-state index >= 15 is 0 Å². The number of benzene rings is 1. The van der Waals surface area contributed by atoms with Crippen molar-refractivity contribution in [1.82, 2.24) is 10.2 Å². The summed E-state index contributed by atoms with van der Waals surface area (Å²) in [6, 6.07) is 6.63. The fourth-order valence-corrected chi connectivity index (χ4v) is 3.51. The topological polar surface area (TPSA) is 108 Å². The van der Waals surface area contributed by atoms with E-state index in [4.69, 9.17) is 0 Å². The largest absolute Gasteiger partial charge is 0.352 e. The first-order chi connectivity index (χ1) is 12.4. The van der Waals surface area contributed by atoms with Crippen molar-refractivity contribution in [3.8, 4) is 0 Å². The number of carbonyl (C=O) groups excluding carboxylic acids is 2. The number of fused-ring (bicyclic) bond motifs is 1.